The van der Waals surface area contributed by atoms with E-state index < -0.39 is 25.9 Å². The predicted octanol–water partition coefficient (Wildman–Crippen LogP) is 4.14. The standard InChI is InChI=1S/C26H31N2O7P/c1-3-33-24-6-4-5-21(17-24)20-9-7-19(8-10-20)15-16-34-23-13-11-22(12-14-23)28-25(29)26(2,27)18-35-36(30,31)32/h4-14,17H,3,15-16,18,27H2,1-2H3,(H,28,29)(H2,30,31,32)/t26-/m0/s1. The second-order valence-electron chi connectivity index (χ2n) is 8.42. The number of amides is 1. The van der Waals surface area contributed by atoms with E-state index >= 15 is 0 Å². The van der Waals surface area contributed by atoms with E-state index in [1.54, 1.807) is 24.3 Å². The normalized spacial score (nSPS) is 13.0. The van der Waals surface area contributed by atoms with Crippen LogP contribution in [0.1, 0.15) is 19.4 Å². The fraction of sp³-hybridized carbons (Fsp3) is 0.269. The molecule has 0 spiro atoms. The molecular weight excluding hydrogens is 483 g/mol. The lowest BCUT2D eigenvalue weighted by Crippen LogP contribution is -2.52. The third-order valence-electron chi connectivity index (χ3n) is 5.26. The number of benzene rings is 3. The Morgan fingerprint density at radius 2 is 1.67 bits per heavy atom. The maximum atomic E-state index is 12.3. The molecule has 0 aliphatic rings. The Morgan fingerprint density at radius 3 is 2.31 bits per heavy atom. The van der Waals surface area contributed by atoms with Crippen molar-refractivity contribution >= 4 is 19.4 Å². The first-order valence-electron chi connectivity index (χ1n) is 11.4. The van der Waals surface area contributed by atoms with Crippen LogP contribution in [-0.4, -0.2) is 41.1 Å². The second kappa shape index (κ2) is 12.2. The number of phosphoric ester groups is 1. The van der Waals surface area contributed by atoms with E-state index in [0.29, 0.717) is 24.7 Å². The summed E-state index contributed by atoms with van der Waals surface area (Å²) in [6, 6.07) is 23.0. The molecule has 1 amide bonds. The smallest absolute Gasteiger partial charge is 0.469 e. The van der Waals surface area contributed by atoms with Crippen molar-refractivity contribution in [1.29, 1.82) is 0 Å². The van der Waals surface area contributed by atoms with E-state index in [-0.39, 0.29) is 0 Å². The van der Waals surface area contributed by atoms with Crippen LogP contribution in [0.25, 0.3) is 11.1 Å². The molecule has 0 aliphatic carbocycles. The number of carbonyl (C=O) groups is 1. The van der Waals surface area contributed by atoms with Gasteiger partial charge in [0, 0.05) is 12.1 Å². The lowest BCUT2D eigenvalue weighted by atomic mass is 10.0. The average Bonchev–Trinajstić information content (AvgIpc) is 2.84. The van der Waals surface area contributed by atoms with Gasteiger partial charge < -0.3 is 30.3 Å². The molecule has 0 bridgehead atoms. The van der Waals surface area contributed by atoms with E-state index in [1.807, 2.05) is 25.1 Å². The van der Waals surface area contributed by atoms with Crippen LogP contribution in [0, 0.1) is 0 Å². The van der Waals surface area contributed by atoms with E-state index in [2.05, 4.69) is 40.2 Å². The number of hydrogen-bond donors (Lipinski definition) is 4. The molecule has 0 heterocycles. The number of ether oxygens (including phenoxy) is 2. The molecule has 3 rings (SSSR count). The molecule has 1 atom stereocenters. The topological polar surface area (TPSA) is 140 Å². The number of nitrogens with two attached hydrogens (primary N) is 1. The third kappa shape index (κ3) is 8.48. The fourth-order valence-corrected chi connectivity index (χ4v) is 3.71. The van der Waals surface area contributed by atoms with Crippen LogP contribution in [-0.2, 0) is 20.3 Å². The summed E-state index contributed by atoms with van der Waals surface area (Å²) in [5.41, 5.74) is 8.00. The highest BCUT2D eigenvalue weighted by Crippen LogP contribution is 2.36. The molecule has 36 heavy (non-hydrogen) atoms. The van der Waals surface area contributed by atoms with E-state index in [1.165, 1.54) is 6.92 Å². The third-order valence-corrected chi connectivity index (χ3v) is 5.72. The Bertz CT molecular complexity index is 1190. The van der Waals surface area contributed by atoms with E-state index in [4.69, 9.17) is 25.0 Å². The van der Waals surface area contributed by atoms with Gasteiger partial charge in [0.1, 0.15) is 17.0 Å². The van der Waals surface area contributed by atoms with Crippen molar-refractivity contribution in [3.8, 4) is 22.6 Å². The van der Waals surface area contributed by atoms with Crippen LogP contribution in [0.2, 0.25) is 0 Å². The lowest BCUT2D eigenvalue weighted by molar-refractivity contribution is -0.121. The molecule has 9 nitrogen and oxygen atoms in total. The van der Waals surface area contributed by atoms with Gasteiger partial charge in [-0.05, 0) is 66.9 Å². The molecule has 0 fully saturated rings. The summed E-state index contributed by atoms with van der Waals surface area (Å²) in [6.45, 7) is 3.75. The van der Waals surface area contributed by atoms with Gasteiger partial charge in [0.2, 0.25) is 5.91 Å². The zero-order valence-corrected chi connectivity index (χ0v) is 21.1. The Kier molecular flexibility index (Phi) is 9.25. The molecule has 0 aromatic heterocycles. The molecule has 3 aromatic carbocycles. The maximum Gasteiger partial charge on any atom is 0.469 e. The van der Waals surface area contributed by atoms with E-state index in [9.17, 15) is 9.36 Å². The molecule has 0 unspecified atom stereocenters. The number of carbonyl (C=O) groups excluding carboxylic acids is 1. The Hall–Kier alpha value is -3.20. The van der Waals surface area contributed by atoms with Crippen LogP contribution < -0.4 is 20.5 Å². The summed E-state index contributed by atoms with van der Waals surface area (Å²) in [5, 5.41) is 2.60. The highest BCUT2D eigenvalue weighted by molar-refractivity contribution is 7.46. The first kappa shape index (κ1) is 27.4. The summed E-state index contributed by atoms with van der Waals surface area (Å²) < 4.78 is 26.6. The molecule has 3 aromatic rings. The van der Waals surface area contributed by atoms with E-state index in [0.717, 1.165) is 28.9 Å². The highest BCUT2D eigenvalue weighted by Gasteiger charge is 2.32. The molecule has 0 saturated heterocycles. The first-order chi connectivity index (χ1) is 17.1. The molecule has 10 heteroatoms. The highest BCUT2D eigenvalue weighted by atomic mass is 31.2. The first-order valence-corrected chi connectivity index (χ1v) is 12.9. The Balaban J connectivity index is 1.48. The van der Waals surface area contributed by atoms with Crippen molar-refractivity contribution in [3.63, 3.8) is 0 Å². The minimum absolute atomic E-state index is 0.462. The Morgan fingerprint density at radius 1 is 0.972 bits per heavy atom. The molecule has 0 aliphatic heterocycles. The summed E-state index contributed by atoms with van der Waals surface area (Å²) in [5.74, 6) is 0.847. The number of anilines is 1. The molecule has 0 radical (unpaired) electrons. The zero-order chi connectivity index (χ0) is 26.2. The van der Waals surface area contributed by atoms with Crippen LogP contribution in [0.4, 0.5) is 5.69 Å². The minimum Gasteiger partial charge on any atom is -0.494 e. The SMILES string of the molecule is CCOc1cccc(-c2ccc(CCOc3ccc(NC(=O)[C@@](C)(N)COP(=O)(O)O)cc3)cc2)c1. The van der Waals surface area contributed by atoms with Gasteiger partial charge in [-0.1, -0.05) is 36.4 Å². The summed E-state index contributed by atoms with van der Waals surface area (Å²) in [7, 11) is -4.73. The van der Waals surface area contributed by atoms with Crippen molar-refractivity contribution in [1.82, 2.24) is 0 Å². The van der Waals surface area contributed by atoms with Crippen molar-refractivity contribution < 1.29 is 33.1 Å². The van der Waals surface area contributed by atoms with Crippen LogP contribution in [0.5, 0.6) is 11.5 Å². The van der Waals surface area contributed by atoms with Gasteiger partial charge in [0.05, 0.1) is 19.8 Å². The maximum absolute atomic E-state index is 12.3. The number of phosphoric acid groups is 1. The van der Waals surface area contributed by atoms with Crippen molar-refractivity contribution in [3.05, 3.63) is 78.4 Å². The number of hydrogen-bond acceptors (Lipinski definition) is 6. The van der Waals surface area contributed by atoms with Gasteiger partial charge in [0.15, 0.2) is 0 Å². The largest absolute Gasteiger partial charge is 0.494 e. The molecule has 192 valence electrons. The second-order valence-corrected chi connectivity index (χ2v) is 9.66. The summed E-state index contributed by atoms with van der Waals surface area (Å²) in [4.78, 5) is 29.9. The zero-order valence-electron chi connectivity index (χ0n) is 20.2. The van der Waals surface area contributed by atoms with Gasteiger partial charge in [-0.15, -0.1) is 0 Å². The molecule has 5 N–H and O–H groups in total. The van der Waals surface area contributed by atoms with Crippen molar-refractivity contribution in [2.45, 2.75) is 25.8 Å². The molecule has 0 saturated carbocycles. The average molecular weight is 515 g/mol. The summed E-state index contributed by atoms with van der Waals surface area (Å²) >= 11 is 0. The van der Waals surface area contributed by atoms with Crippen LogP contribution in [0.3, 0.4) is 0 Å². The monoisotopic (exact) mass is 514 g/mol. The van der Waals surface area contributed by atoms with Crippen molar-refractivity contribution in [2.75, 3.05) is 25.1 Å². The van der Waals surface area contributed by atoms with Gasteiger partial charge in [-0.3, -0.25) is 9.32 Å². The van der Waals surface area contributed by atoms with Crippen LogP contribution in [0.15, 0.2) is 72.8 Å². The minimum atomic E-state index is -4.73. The van der Waals surface area contributed by atoms with Crippen LogP contribution >= 0.6 is 7.82 Å². The molecular formula is C26H31N2O7P. The van der Waals surface area contributed by atoms with Gasteiger partial charge in [-0.2, -0.15) is 0 Å². The predicted molar refractivity (Wildman–Crippen MR) is 138 cm³/mol. The van der Waals surface area contributed by atoms with Gasteiger partial charge in [0.25, 0.3) is 0 Å². The Labute approximate surface area is 210 Å². The van der Waals surface area contributed by atoms with Gasteiger partial charge in [-0.25, -0.2) is 4.57 Å². The summed E-state index contributed by atoms with van der Waals surface area (Å²) in [6.07, 6.45) is 0.725. The number of rotatable bonds is 12. The lowest BCUT2D eigenvalue weighted by Gasteiger charge is -2.23. The van der Waals surface area contributed by atoms with Crippen molar-refractivity contribution in [2.24, 2.45) is 5.73 Å². The van der Waals surface area contributed by atoms with Gasteiger partial charge >= 0.3 is 7.82 Å². The number of nitrogens with one attached hydrogen (secondary N) is 1. The fourth-order valence-electron chi connectivity index (χ4n) is 3.27. The quantitative estimate of drug-likeness (QED) is 0.265.